The van der Waals surface area contributed by atoms with Crippen LogP contribution < -0.4 is 11.1 Å². The third-order valence-corrected chi connectivity index (χ3v) is 6.39. The third kappa shape index (κ3) is 6.06. The summed E-state index contributed by atoms with van der Waals surface area (Å²) in [6, 6.07) is 5.96. The van der Waals surface area contributed by atoms with Gasteiger partial charge in [-0.2, -0.15) is 11.8 Å². The van der Waals surface area contributed by atoms with Crippen molar-refractivity contribution >= 4 is 44.5 Å². The van der Waals surface area contributed by atoms with Crippen LogP contribution in [0.2, 0.25) is 5.02 Å². The number of aromatic nitrogens is 1. The molecule has 0 radical (unpaired) electrons. The summed E-state index contributed by atoms with van der Waals surface area (Å²) in [6.45, 7) is 0.578. The van der Waals surface area contributed by atoms with E-state index in [9.17, 15) is 8.42 Å². The standard InChI is InChI=1S/C14H16ClN3O2S3/c15-11-1-3-12(4-2-11)23(19,20)10-13(16)17-5-7-21-9-14-18-6-8-22-14/h1-4,6,8,10,17H,5,7,9,16H2. The van der Waals surface area contributed by atoms with E-state index in [2.05, 4.69) is 10.3 Å². The minimum absolute atomic E-state index is 0.120. The van der Waals surface area contributed by atoms with E-state index in [4.69, 9.17) is 17.3 Å². The van der Waals surface area contributed by atoms with Crippen LogP contribution in [0.5, 0.6) is 0 Å². The number of nitrogens with one attached hydrogen (secondary N) is 1. The van der Waals surface area contributed by atoms with Crippen LogP contribution in [0.1, 0.15) is 5.01 Å². The Bertz CT molecular complexity index is 744. The number of sulfone groups is 1. The SMILES string of the molecule is NC(=CS(=O)(=O)c1ccc(Cl)cc1)NCCSCc1nccs1. The fraction of sp³-hybridized carbons (Fsp3) is 0.214. The first-order chi connectivity index (χ1) is 11.0. The highest BCUT2D eigenvalue weighted by molar-refractivity contribution is 7.98. The van der Waals surface area contributed by atoms with Gasteiger partial charge in [0.15, 0.2) is 0 Å². The molecule has 0 unspecified atom stereocenters. The summed E-state index contributed by atoms with van der Waals surface area (Å²) in [4.78, 5) is 4.35. The number of hydrogen-bond acceptors (Lipinski definition) is 7. The smallest absolute Gasteiger partial charge is 0.203 e. The number of thiazole rings is 1. The van der Waals surface area contributed by atoms with Crippen molar-refractivity contribution < 1.29 is 8.42 Å². The highest BCUT2D eigenvalue weighted by Gasteiger charge is 2.11. The first-order valence-corrected chi connectivity index (χ1v) is 10.6. The zero-order valence-corrected chi connectivity index (χ0v) is 15.3. The van der Waals surface area contributed by atoms with Gasteiger partial charge in [0.1, 0.15) is 10.8 Å². The Balaban J connectivity index is 1.80. The average molecular weight is 390 g/mol. The van der Waals surface area contributed by atoms with Crippen molar-refractivity contribution in [3.05, 3.63) is 57.1 Å². The molecule has 5 nitrogen and oxygen atoms in total. The van der Waals surface area contributed by atoms with Crippen LogP contribution in [-0.4, -0.2) is 25.7 Å². The van der Waals surface area contributed by atoms with Gasteiger partial charge in [-0.15, -0.1) is 11.3 Å². The van der Waals surface area contributed by atoms with E-state index in [0.29, 0.717) is 11.6 Å². The fourth-order valence-corrected chi connectivity index (χ4v) is 4.41. The van der Waals surface area contributed by atoms with Gasteiger partial charge < -0.3 is 11.1 Å². The molecule has 3 N–H and O–H groups in total. The predicted molar refractivity (Wildman–Crippen MR) is 97.2 cm³/mol. The summed E-state index contributed by atoms with van der Waals surface area (Å²) < 4.78 is 24.3. The zero-order chi connectivity index (χ0) is 16.7. The van der Waals surface area contributed by atoms with Gasteiger partial charge in [0.2, 0.25) is 9.84 Å². The average Bonchev–Trinajstić information content (AvgIpc) is 3.00. The van der Waals surface area contributed by atoms with Gasteiger partial charge in [0.25, 0.3) is 0 Å². The molecule has 1 aromatic heterocycles. The summed E-state index contributed by atoms with van der Waals surface area (Å²) in [5, 5.41) is 7.42. The lowest BCUT2D eigenvalue weighted by Gasteiger charge is -2.06. The Kier molecular flexibility index (Phi) is 6.76. The number of hydrogen-bond donors (Lipinski definition) is 2. The van der Waals surface area contributed by atoms with E-state index < -0.39 is 9.84 Å². The summed E-state index contributed by atoms with van der Waals surface area (Å²) in [7, 11) is -3.58. The van der Waals surface area contributed by atoms with Crippen molar-refractivity contribution in [2.24, 2.45) is 5.73 Å². The largest absolute Gasteiger partial charge is 0.385 e. The van der Waals surface area contributed by atoms with Crippen LogP contribution in [0.3, 0.4) is 0 Å². The molecule has 0 fully saturated rings. The zero-order valence-electron chi connectivity index (χ0n) is 12.1. The van der Waals surface area contributed by atoms with E-state index >= 15 is 0 Å². The molecule has 2 rings (SSSR count). The predicted octanol–water partition coefficient (Wildman–Crippen LogP) is 2.85. The third-order valence-electron chi connectivity index (χ3n) is 2.71. The minimum atomic E-state index is -3.58. The van der Waals surface area contributed by atoms with Gasteiger partial charge in [-0.3, -0.25) is 0 Å². The normalized spacial score (nSPS) is 12.3. The lowest BCUT2D eigenvalue weighted by atomic mass is 10.4. The molecule has 0 amide bonds. The molecule has 0 aliphatic heterocycles. The van der Waals surface area contributed by atoms with Crippen LogP contribution in [0, 0.1) is 0 Å². The Labute approximate surface area is 148 Å². The van der Waals surface area contributed by atoms with Crippen molar-refractivity contribution in [2.45, 2.75) is 10.6 Å². The quantitative estimate of drug-likeness (QED) is 0.675. The lowest BCUT2D eigenvalue weighted by Crippen LogP contribution is -2.23. The maximum atomic E-state index is 12.1. The second-order valence-electron chi connectivity index (χ2n) is 4.48. The fourth-order valence-electron chi connectivity index (χ4n) is 1.65. The van der Waals surface area contributed by atoms with Crippen molar-refractivity contribution in [1.82, 2.24) is 10.3 Å². The topological polar surface area (TPSA) is 85.1 Å². The molecular weight excluding hydrogens is 374 g/mol. The number of nitrogens with two attached hydrogens (primary N) is 1. The van der Waals surface area contributed by atoms with Gasteiger partial charge in [-0.05, 0) is 24.3 Å². The molecule has 2 aromatic rings. The summed E-state index contributed by atoms with van der Waals surface area (Å²) in [6.07, 6.45) is 1.78. The maximum absolute atomic E-state index is 12.1. The van der Waals surface area contributed by atoms with Crippen molar-refractivity contribution in [1.29, 1.82) is 0 Å². The molecule has 124 valence electrons. The summed E-state index contributed by atoms with van der Waals surface area (Å²) >= 11 is 9.07. The van der Waals surface area contributed by atoms with Gasteiger partial charge in [-0.1, -0.05) is 11.6 Å². The summed E-state index contributed by atoms with van der Waals surface area (Å²) in [5.41, 5.74) is 5.73. The Hall–Kier alpha value is -1.22. The molecule has 0 atom stereocenters. The Morgan fingerprint density at radius 1 is 1.39 bits per heavy atom. The molecule has 0 spiro atoms. The number of nitrogens with zero attached hydrogens (tertiary/aromatic N) is 1. The van der Waals surface area contributed by atoms with Crippen LogP contribution in [-0.2, 0) is 15.6 Å². The molecule has 0 saturated heterocycles. The molecule has 0 aliphatic carbocycles. The van der Waals surface area contributed by atoms with Gasteiger partial charge in [0, 0.05) is 34.7 Å². The van der Waals surface area contributed by atoms with E-state index in [1.807, 2.05) is 5.38 Å². The molecule has 0 saturated carbocycles. The molecule has 1 aromatic carbocycles. The van der Waals surface area contributed by atoms with E-state index in [0.717, 1.165) is 21.9 Å². The lowest BCUT2D eigenvalue weighted by molar-refractivity contribution is 0.604. The minimum Gasteiger partial charge on any atom is -0.385 e. The number of halogens is 1. The van der Waals surface area contributed by atoms with Crippen LogP contribution in [0.15, 0.2) is 52.0 Å². The Morgan fingerprint density at radius 2 is 2.13 bits per heavy atom. The van der Waals surface area contributed by atoms with Crippen LogP contribution >= 0.6 is 34.7 Å². The maximum Gasteiger partial charge on any atom is 0.203 e. The van der Waals surface area contributed by atoms with E-state index in [1.165, 1.54) is 24.3 Å². The van der Waals surface area contributed by atoms with Crippen LogP contribution in [0.25, 0.3) is 0 Å². The van der Waals surface area contributed by atoms with Crippen LogP contribution in [0.4, 0.5) is 0 Å². The van der Waals surface area contributed by atoms with Crippen molar-refractivity contribution in [2.75, 3.05) is 12.3 Å². The molecule has 0 bridgehead atoms. The molecule has 0 aliphatic rings. The number of rotatable bonds is 8. The summed E-state index contributed by atoms with van der Waals surface area (Å²) in [5.74, 6) is 1.76. The highest BCUT2D eigenvalue weighted by atomic mass is 35.5. The van der Waals surface area contributed by atoms with Crippen molar-refractivity contribution in [3.8, 4) is 0 Å². The van der Waals surface area contributed by atoms with Gasteiger partial charge in [0.05, 0.1) is 10.3 Å². The monoisotopic (exact) mass is 389 g/mol. The molecule has 9 heteroatoms. The number of benzene rings is 1. The van der Waals surface area contributed by atoms with Crippen molar-refractivity contribution in [3.63, 3.8) is 0 Å². The van der Waals surface area contributed by atoms with E-state index in [-0.39, 0.29) is 10.7 Å². The second kappa shape index (κ2) is 8.58. The van der Waals surface area contributed by atoms with Gasteiger partial charge in [-0.25, -0.2) is 13.4 Å². The van der Waals surface area contributed by atoms with Gasteiger partial charge >= 0.3 is 0 Å². The number of thioether (sulfide) groups is 1. The second-order valence-corrected chi connectivity index (χ2v) is 8.80. The van der Waals surface area contributed by atoms with E-state index in [1.54, 1.807) is 29.3 Å². The first kappa shape index (κ1) is 18.1. The first-order valence-electron chi connectivity index (χ1n) is 6.65. The molecule has 1 heterocycles. The molecular formula is C14H16ClN3O2S3. The highest BCUT2D eigenvalue weighted by Crippen LogP contribution is 2.16. The molecule has 23 heavy (non-hydrogen) atoms. The Morgan fingerprint density at radius 3 is 2.78 bits per heavy atom.